The van der Waals surface area contributed by atoms with Crippen LogP contribution in [0, 0.1) is 13.8 Å². The molecule has 20 heavy (non-hydrogen) atoms. The predicted molar refractivity (Wildman–Crippen MR) is 81.3 cm³/mol. The average Bonchev–Trinajstić information content (AvgIpc) is 2.41. The molecule has 4 heteroatoms. The van der Waals surface area contributed by atoms with Crippen LogP contribution in [0.25, 0.3) is 0 Å². The maximum absolute atomic E-state index is 11.0. The number of carbonyl (C=O) groups is 1. The maximum Gasteiger partial charge on any atom is 0.336 e. The van der Waals surface area contributed by atoms with E-state index in [1.165, 1.54) is 17.2 Å². The van der Waals surface area contributed by atoms with Crippen molar-refractivity contribution < 1.29 is 14.6 Å². The summed E-state index contributed by atoms with van der Waals surface area (Å²) < 4.78 is 6.19. The molecule has 0 spiro atoms. The third-order valence-corrected chi connectivity index (χ3v) is 3.84. The quantitative estimate of drug-likeness (QED) is 0.904. The fourth-order valence-electron chi connectivity index (χ4n) is 1.82. The summed E-state index contributed by atoms with van der Waals surface area (Å²) in [6.07, 6.45) is 0. The molecule has 0 radical (unpaired) electrons. The van der Waals surface area contributed by atoms with Crippen molar-refractivity contribution in [1.29, 1.82) is 0 Å². The van der Waals surface area contributed by atoms with Crippen molar-refractivity contribution in [1.82, 2.24) is 0 Å². The van der Waals surface area contributed by atoms with Gasteiger partial charge in [-0.1, -0.05) is 18.2 Å². The van der Waals surface area contributed by atoms with Crippen LogP contribution in [0.1, 0.15) is 27.0 Å². The Morgan fingerprint density at radius 3 is 2.55 bits per heavy atom. The molecule has 2 aromatic carbocycles. The monoisotopic (exact) mass is 334 g/mol. The lowest BCUT2D eigenvalue weighted by molar-refractivity contribution is 0.0695. The molecule has 0 aromatic heterocycles. The molecule has 0 unspecified atom stereocenters. The lowest BCUT2D eigenvalue weighted by Crippen LogP contribution is -2.00. The number of carboxylic acids is 1. The van der Waals surface area contributed by atoms with Crippen LogP contribution in [0.4, 0.5) is 0 Å². The van der Waals surface area contributed by atoms with Crippen LogP contribution in [0.3, 0.4) is 0 Å². The van der Waals surface area contributed by atoms with Crippen LogP contribution >= 0.6 is 15.9 Å². The van der Waals surface area contributed by atoms with E-state index < -0.39 is 5.97 Å². The van der Waals surface area contributed by atoms with Gasteiger partial charge in [-0.3, -0.25) is 0 Å². The summed E-state index contributed by atoms with van der Waals surface area (Å²) in [6.45, 7) is 4.54. The van der Waals surface area contributed by atoms with Crippen molar-refractivity contribution >= 4 is 21.9 Å². The second-order valence-electron chi connectivity index (χ2n) is 4.65. The molecule has 3 nitrogen and oxygen atoms in total. The molecule has 0 aliphatic rings. The Hall–Kier alpha value is -1.81. The number of benzene rings is 2. The minimum Gasteiger partial charge on any atom is -0.489 e. The summed E-state index contributed by atoms with van der Waals surface area (Å²) in [6, 6.07) is 11.1. The van der Waals surface area contributed by atoms with Crippen LogP contribution in [0.15, 0.2) is 40.9 Å². The molecule has 0 heterocycles. The smallest absolute Gasteiger partial charge is 0.336 e. The van der Waals surface area contributed by atoms with E-state index in [9.17, 15) is 4.79 Å². The third-order valence-electron chi connectivity index (χ3n) is 3.15. The zero-order chi connectivity index (χ0) is 14.7. The van der Waals surface area contributed by atoms with Gasteiger partial charge in [-0.2, -0.15) is 0 Å². The Labute approximate surface area is 126 Å². The molecule has 0 amide bonds. The van der Waals surface area contributed by atoms with Gasteiger partial charge < -0.3 is 9.84 Å². The molecule has 1 N–H and O–H groups in total. The van der Waals surface area contributed by atoms with Crippen LogP contribution in [-0.2, 0) is 6.61 Å². The van der Waals surface area contributed by atoms with Crippen LogP contribution in [-0.4, -0.2) is 11.1 Å². The van der Waals surface area contributed by atoms with Crippen molar-refractivity contribution in [3.05, 3.63) is 63.1 Å². The first-order chi connectivity index (χ1) is 9.47. The highest BCUT2D eigenvalue weighted by Crippen LogP contribution is 2.23. The Morgan fingerprint density at radius 2 is 1.90 bits per heavy atom. The standard InChI is InChI=1S/C16H15BrO3/c1-10-3-4-12(7-11(10)2)9-20-13-5-6-15(17)14(8-13)16(18)19/h3-8H,9H2,1-2H3,(H,18,19). The second-order valence-corrected chi connectivity index (χ2v) is 5.51. The molecule has 0 aliphatic heterocycles. The SMILES string of the molecule is Cc1ccc(COc2ccc(Br)c(C(=O)O)c2)cc1C. The fraction of sp³-hybridized carbons (Fsp3) is 0.188. The van der Waals surface area contributed by atoms with Crippen molar-refractivity contribution in [2.45, 2.75) is 20.5 Å². The first kappa shape index (κ1) is 14.6. The second kappa shape index (κ2) is 6.09. The Morgan fingerprint density at radius 1 is 1.15 bits per heavy atom. The molecule has 2 rings (SSSR count). The Balaban J connectivity index is 2.12. The van der Waals surface area contributed by atoms with Crippen LogP contribution < -0.4 is 4.74 Å². The van der Waals surface area contributed by atoms with Gasteiger partial charge in [-0.25, -0.2) is 4.79 Å². The third kappa shape index (κ3) is 3.39. The molecule has 2 aromatic rings. The number of ether oxygens (including phenoxy) is 1. The Kier molecular flexibility index (Phi) is 4.45. The first-order valence-corrected chi connectivity index (χ1v) is 6.98. The fourth-order valence-corrected chi connectivity index (χ4v) is 2.23. The number of rotatable bonds is 4. The van der Waals surface area contributed by atoms with Gasteiger partial charge in [0.25, 0.3) is 0 Å². The summed E-state index contributed by atoms with van der Waals surface area (Å²) in [7, 11) is 0. The highest BCUT2D eigenvalue weighted by atomic mass is 79.9. The minimum absolute atomic E-state index is 0.197. The molecule has 0 fully saturated rings. The highest BCUT2D eigenvalue weighted by Gasteiger charge is 2.09. The highest BCUT2D eigenvalue weighted by molar-refractivity contribution is 9.10. The molecule has 0 saturated heterocycles. The van der Waals surface area contributed by atoms with Crippen molar-refractivity contribution in [2.24, 2.45) is 0 Å². The average molecular weight is 335 g/mol. The molecule has 104 valence electrons. The summed E-state index contributed by atoms with van der Waals surface area (Å²) in [5.41, 5.74) is 3.72. The molecule has 0 bridgehead atoms. The normalized spacial score (nSPS) is 10.3. The lowest BCUT2D eigenvalue weighted by Gasteiger charge is -2.09. The van der Waals surface area contributed by atoms with E-state index in [2.05, 4.69) is 41.9 Å². The largest absolute Gasteiger partial charge is 0.489 e. The summed E-state index contributed by atoms with van der Waals surface area (Å²) in [5.74, 6) is -0.433. The molecule has 0 aliphatic carbocycles. The summed E-state index contributed by atoms with van der Waals surface area (Å²) in [4.78, 5) is 11.0. The molecule has 0 saturated carbocycles. The van der Waals surface area contributed by atoms with E-state index in [0.29, 0.717) is 16.8 Å². The van der Waals surface area contributed by atoms with Crippen LogP contribution in [0.2, 0.25) is 0 Å². The van der Waals surface area contributed by atoms with Gasteiger partial charge in [-0.15, -0.1) is 0 Å². The van der Waals surface area contributed by atoms with Gasteiger partial charge in [0.2, 0.25) is 0 Å². The topological polar surface area (TPSA) is 46.5 Å². The summed E-state index contributed by atoms with van der Waals surface area (Å²) in [5, 5.41) is 9.06. The van der Waals surface area contributed by atoms with Gasteiger partial charge in [0, 0.05) is 4.47 Å². The van der Waals surface area contributed by atoms with Crippen molar-refractivity contribution in [3.63, 3.8) is 0 Å². The van der Waals surface area contributed by atoms with E-state index in [0.717, 1.165) is 5.56 Å². The van der Waals surface area contributed by atoms with E-state index in [1.54, 1.807) is 12.1 Å². The van der Waals surface area contributed by atoms with E-state index in [1.807, 2.05) is 6.07 Å². The molecule has 0 atom stereocenters. The van der Waals surface area contributed by atoms with Crippen molar-refractivity contribution in [3.8, 4) is 5.75 Å². The van der Waals surface area contributed by atoms with Gasteiger partial charge in [0.05, 0.1) is 5.56 Å². The zero-order valence-electron chi connectivity index (χ0n) is 11.3. The number of aryl methyl sites for hydroxylation is 2. The van der Waals surface area contributed by atoms with Gasteiger partial charge in [-0.05, 0) is 64.7 Å². The van der Waals surface area contributed by atoms with Crippen LogP contribution in [0.5, 0.6) is 5.75 Å². The predicted octanol–water partition coefficient (Wildman–Crippen LogP) is 4.34. The number of hydrogen-bond donors (Lipinski definition) is 1. The van der Waals surface area contributed by atoms with E-state index in [-0.39, 0.29) is 5.56 Å². The number of halogens is 1. The number of hydrogen-bond acceptors (Lipinski definition) is 2. The minimum atomic E-state index is -0.978. The Bertz CT molecular complexity index is 650. The van der Waals surface area contributed by atoms with Gasteiger partial charge in [0.15, 0.2) is 0 Å². The number of aromatic carboxylic acids is 1. The van der Waals surface area contributed by atoms with Gasteiger partial charge in [0.1, 0.15) is 12.4 Å². The summed E-state index contributed by atoms with van der Waals surface area (Å²) >= 11 is 3.21. The zero-order valence-corrected chi connectivity index (χ0v) is 12.9. The van der Waals surface area contributed by atoms with Gasteiger partial charge >= 0.3 is 5.97 Å². The number of carboxylic acid groups (broad SMARTS) is 1. The maximum atomic E-state index is 11.0. The molecular formula is C16H15BrO3. The first-order valence-electron chi connectivity index (χ1n) is 6.19. The van der Waals surface area contributed by atoms with E-state index in [4.69, 9.17) is 9.84 Å². The van der Waals surface area contributed by atoms with Crippen molar-refractivity contribution in [2.75, 3.05) is 0 Å². The molecular weight excluding hydrogens is 320 g/mol. The van der Waals surface area contributed by atoms with E-state index >= 15 is 0 Å². The lowest BCUT2D eigenvalue weighted by atomic mass is 10.1.